The first-order chi connectivity index (χ1) is 8.04. The van der Waals surface area contributed by atoms with Gasteiger partial charge in [0, 0.05) is 12.6 Å². The second-order valence-electron chi connectivity index (χ2n) is 4.92. The van der Waals surface area contributed by atoms with Gasteiger partial charge in [-0.15, -0.1) is 0 Å². The number of aryl methyl sites for hydroxylation is 2. The van der Waals surface area contributed by atoms with Gasteiger partial charge in [-0.3, -0.25) is 0 Å². The van der Waals surface area contributed by atoms with Crippen molar-refractivity contribution in [3.8, 4) is 0 Å². The second kappa shape index (κ2) is 4.49. The van der Waals surface area contributed by atoms with Crippen LogP contribution in [0.2, 0.25) is 0 Å². The van der Waals surface area contributed by atoms with Crippen LogP contribution in [-0.2, 0) is 6.54 Å². The fourth-order valence-electron chi connectivity index (χ4n) is 2.26. The van der Waals surface area contributed by atoms with Crippen molar-refractivity contribution in [1.29, 1.82) is 0 Å². The van der Waals surface area contributed by atoms with Gasteiger partial charge < -0.3 is 10.3 Å². The summed E-state index contributed by atoms with van der Waals surface area (Å²) in [6, 6.07) is 6.47. The zero-order valence-electron chi connectivity index (χ0n) is 11.1. The number of hydrogen-bond acceptors (Lipinski definition) is 2. The topological polar surface area (TPSA) is 43.8 Å². The Morgan fingerprint density at radius 2 is 2.06 bits per heavy atom. The summed E-state index contributed by atoms with van der Waals surface area (Å²) < 4.78 is 2.22. The maximum Gasteiger partial charge on any atom is 0.106 e. The molecule has 3 heteroatoms. The number of rotatable bonds is 3. The van der Waals surface area contributed by atoms with Crippen molar-refractivity contribution in [3.05, 3.63) is 29.6 Å². The second-order valence-corrected chi connectivity index (χ2v) is 4.92. The molecule has 0 aliphatic rings. The number of fused-ring (bicyclic) bond motifs is 1. The Morgan fingerprint density at radius 1 is 1.35 bits per heavy atom. The van der Waals surface area contributed by atoms with Crippen molar-refractivity contribution < 1.29 is 0 Å². The average Bonchev–Trinajstić information content (AvgIpc) is 2.61. The Labute approximate surface area is 103 Å². The van der Waals surface area contributed by atoms with Crippen molar-refractivity contribution in [2.45, 2.75) is 40.3 Å². The Bertz CT molecular complexity index is 525. The predicted octanol–water partition coefficient (Wildman–Crippen LogP) is 3.02. The third-order valence-corrected chi connectivity index (χ3v) is 3.38. The van der Waals surface area contributed by atoms with Crippen LogP contribution in [0.3, 0.4) is 0 Å². The van der Waals surface area contributed by atoms with E-state index in [1.807, 2.05) is 6.92 Å². The molecule has 1 heterocycles. The molecule has 0 spiro atoms. The van der Waals surface area contributed by atoms with Crippen LogP contribution in [0.15, 0.2) is 18.2 Å². The summed E-state index contributed by atoms with van der Waals surface area (Å²) in [5, 5.41) is 0. The molecule has 0 saturated carbocycles. The van der Waals surface area contributed by atoms with Gasteiger partial charge in [0.25, 0.3) is 0 Å². The Balaban J connectivity index is 2.52. The van der Waals surface area contributed by atoms with E-state index < -0.39 is 0 Å². The SMILES string of the molecule is CCn1c(C)nc2cc(C(N)C(C)C)ccc21. The normalized spacial score (nSPS) is 13.5. The largest absolute Gasteiger partial charge is 0.329 e. The lowest BCUT2D eigenvalue weighted by Gasteiger charge is -2.15. The number of nitrogens with two attached hydrogens (primary N) is 1. The van der Waals surface area contributed by atoms with Crippen LogP contribution in [0.1, 0.15) is 38.2 Å². The molecule has 0 fully saturated rings. The van der Waals surface area contributed by atoms with Crippen molar-refractivity contribution in [2.75, 3.05) is 0 Å². The Kier molecular flexibility index (Phi) is 3.20. The molecule has 0 aliphatic carbocycles. The molecule has 0 aliphatic heterocycles. The first kappa shape index (κ1) is 12.1. The molecule has 92 valence electrons. The quantitative estimate of drug-likeness (QED) is 0.882. The molecule has 0 bridgehead atoms. The van der Waals surface area contributed by atoms with Gasteiger partial charge in [0.05, 0.1) is 11.0 Å². The highest BCUT2D eigenvalue weighted by atomic mass is 15.1. The maximum atomic E-state index is 6.17. The van der Waals surface area contributed by atoms with Gasteiger partial charge in [0.1, 0.15) is 5.82 Å². The van der Waals surface area contributed by atoms with Crippen LogP contribution >= 0.6 is 0 Å². The van der Waals surface area contributed by atoms with E-state index in [1.54, 1.807) is 0 Å². The highest BCUT2D eigenvalue weighted by Crippen LogP contribution is 2.24. The fourth-order valence-corrected chi connectivity index (χ4v) is 2.26. The average molecular weight is 231 g/mol. The lowest BCUT2D eigenvalue weighted by molar-refractivity contribution is 0.514. The number of benzene rings is 1. The van der Waals surface area contributed by atoms with Gasteiger partial charge in [0.15, 0.2) is 0 Å². The van der Waals surface area contributed by atoms with E-state index in [0.717, 1.165) is 17.9 Å². The zero-order chi connectivity index (χ0) is 12.6. The molecule has 1 unspecified atom stereocenters. The Hall–Kier alpha value is -1.35. The van der Waals surface area contributed by atoms with E-state index in [9.17, 15) is 0 Å². The van der Waals surface area contributed by atoms with Crippen LogP contribution in [-0.4, -0.2) is 9.55 Å². The standard InChI is InChI=1S/C14H21N3/c1-5-17-10(4)16-12-8-11(6-7-13(12)17)14(15)9(2)3/h6-9,14H,5,15H2,1-4H3. The van der Waals surface area contributed by atoms with E-state index in [4.69, 9.17) is 5.73 Å². The molecular weight excluding hydrogens is 210 g/mol. The van der Waals surface area contributed by atoms with Crippen molar-refractivity contribution in [1.82, 2.24) is 9.55 Å². The minimum Gasteiger partial charge on any atom is -0.329 e. The molecule has 0 saturated heterocycles. The van der Waals surface area contributed by atoms with Gasteiger partial charge in [-0.1, -0.05) is 19.9 Å². The predicted molar refractivity (Wildman–Crippen MR) is 71.9 cm³/mol. The molecule has 2 N–H and O–H groups in total. The van der Waals surface area contributed by atoms with Gasteiger partial charge in [-0.25, -0.2) is 4.98 Å². The molecule has 17 heavy (non-hydrogen) atoms. The van der Waals surface area contributed by atoms with E-state index in [2.05, 4.69) is 48.5 Å². The van der Waals surface area contributed by atoms with Gasteiger partial charge in [-0.2, -0.15) is 0 Å². The summed E-state index contributed by atoms with van der Waals surface area (Å²) in [4.78, 5) is 4.59. The lowest BCUT2D eigenvalue weighted by atomic mass is 9.97. The first-order valence-electron chi connectivity index (χ1n) is 6.27. The molecule has 0 radical (unpaired) electrons. The fraction of sp³-hybridized carbons (Fsp3) is 0.500. The molecular formula is C14H21N3. The summed E-state index contributed by atoms with van der Waals surface area (Å²) in [5.74, 6) is 1.51. The van der Waals surface area contributed by atoms with E-state index >= 15 is 0 Å². The van der Waals surface area contributed by atoms with Crippen molar-refractivity contribution >= 4 is 11.0 Å². The monoisotopic (exact) mass is 231 g/mol. The third-order valence-electron chi connectivity index (χ3n) is 3.38. The van der Waals surface area contributed by atoms with Crippen LogP contribution < -0.4 is 5.73 Å². The number of imidazole rings is 1. The minimum absolute atomic E-state index is 0.0893. The van der Waals surface area contributed by atoms with E-state index in [0.29, 0.717) is 5.92 Å². The van der Waals surface area contributed by atoms with E-state index in [-0.39, 0.29) is 6.04 Å². The lowest BCUT2D eigenvalue weighted by Crippen LogP contribution is -2.16. The molecule has 1 aromatic carbocycles. The summed E-state index contributed by atoms with van der Waals surface area (Å²) in [6.07, 6.45) is 0. The molecule has 1 aromatic heterocycles. The molecule has 2 aromatic rings. The number of aromatic nitrogens is 2. The molecule has 2 rings (SSSR count). The molecule has 1 atom stereocenters. The van der Waals surface area contributed by atoms with Crippen LogP contribution in [0.5, 0.6) is 0 Å². The summed E-state index contributed by atoms with van der Waals surface area (Å²) in [6.45, 7) is 9.43. The Morgan fingerprint density at radius 3 is 2.65 bits per heavy atom. The highest BCUT2D eigenvalue weighted by Gasteiger charge is 2.13. The minimum atomic E-state index is 0.0893. The molecule has 3 nitrogen and oxygen atoms in total. The summed E-state index contributed by atoms with van der Waals surface area (Å²) in [5.41, 5.74) is 9.60. The first-order valence-corrected chi connectivity index (χ1v) is 6.27. The maximum absolute atomic E-state index is 6.17. The van der Waals surface area contributed by atoms with Crippen LogP contribution in [0.25, 0.3) is 11.0 Å². The highest BCUT2D eigenvalue weighted by molar-refractivity contribution is 5.77. The van der Waals surface area contributed by atoms with Crippen molar-refractivity contribution in [3.63, 3.8) is 0 Å². The van der Waals surface area contributed by atoms with Gasteiger partial charge in [0.2, 0.25) is 0 Å². The zero-order valence-corrected chi connectivity index (χ0v) is 11.1. The number of hydrogen-bond donors (Lipinski definition) is 1. The van der Waals surface area contributed by atoms with Gasteiger partial charge in [-0.05, 0) is 37.5 Å². The van der Waals surface area contributed by atoms with Crippen LogP contribution in [0.4, 0.5) is 0 Å². The summed E-state index contributed by atoms with van der Waals surface area (Å²) in [7, 11) is 0. The van der Waals surface area contributed by atoms with Crippen molar-refractivity contribution in [2.24, 2.45) is 11.7 Å². The van der Waals surface area contributed by atoms with Gasteiger partial charge >= 0.3 is 0 Å². The van der Waals surface area contributed by atoms with Crippen LogP contribution in [0, 0.1) is 12.8 Å². The smallest absolute Gasteiger partial charge is 0.106 e. The number of nitrogens with zero attached hydrogens (tertiary/aromatic N) is 2. The molecule has 0 amide bonds. The third kappa shape index (κ3) is 2.07. The van der Waals surface area contributed by atoms with E-state index in [1.165, 1.54) is 11.1 Å². The summed E-state index contributed by atoms with van der Waals surface area (Å²) >= 11 is 0.